The normalized spacial score (nSPS) is 66.9. The van der Waals surface area contributed by atoms with E-state index in [1.54, 1.807) is 0 Å². The SMILES string of the molecule is C1=CC23C=CC4C1C42CCC3. The van der Waals surface area contributed by atoms with Gasteiger partial charge in [0.1, 0.15) is 0 Å². The third kappa shape index (κ3) is 0.294. The Morgan fingerprint density at radius 1 is 1.00 bits per heavy atom. The molecule has 0 aromatic heterocycles. The van der Waals surface area contributed by atoms with Crippen LogP contribution in [0, 0.1) is 22.7 Å². The van der Waals surface area contributed by atoms with Crippen LogP contribution < -0.4 is 0 Å². The molecule has 0 amide bonds. The summed E-state index contributed by atoms with van der Waals surface area (Å²) in [7, 11) is 0. The van der Waals surface area contributed by atoms with Gasteiger partial charge in [-0.25, -0.2) is 0 Å². The second-order valence-corrected chi connectivity index (χ2v) is 4.70. The molecule has 0 aromatic carbocycles. The van der Waals surface area contributed by atoms with Crippen molar-refractivity contribution in [1.82, 2.24) is 0 Å². The number of hydrogen-bond donors (Lipinski definition) is 0. The van der Waals surface area contributed by atoms with Gasteiger partial charge in [-0.3, -0.25) is 0 Å². The first kappa shape index (κ1) is 5.18. The molecule has 0 saturated heterocycles. The monoisotopic (exact) mass is 144 g/mol. The summed E-state index contributed by atoms with van der Waals surface area (Å²) < 4.78 is 0. The van der Waals surface area contributed by atoms with Crippen LogP contribution in [0.25, 0.3) is 0 Å². The highest BCUT2D eigenvalue weighted by Crippen LogP contribution is 2.83. The Morgan fingerprint density at radius 3 is 2.36 bits per heavy atom. The van der Waals surface area contributed by atoms with Gasteiger partial charge in [-0.05, 0) is 30.1 Å². The van der Waals surface area contributed by atoms with Crippen LogP contribution in [0.2, 0.25) is 0 Å². The summed E-state index contributed by atoms with van der Waals surface area (Å²) in [5, 5.41) is 0. The fourth-order valence-corrected chi connectivity index (χ4v) is 4.26. The predicted molar refractivity (Wildman–Crippen MR) is 44.0 cm³/mol. The van der Waals surface area contributed by atoms with Crippen molar-refractivity contribution in [1.29, 1.82) is 0 Å². The predicted octanol–water partition coefficient (Wildman–Crippen LogP) is 2.53. The van der Waals surface area contributed by atoms with Gasteiger partial charge in [0.2, 0.25) is 0 Å². The number of hydrogen-bond acceptors (Lipinski definition) is 0. The van der Waals surface area contributed by atoms with Crippen LogP contribution in [0.15, 0.2) is 24.3 Å². The molecule has 2 fully saturated rings. The molecule has 0 heterocycles. The van der Waals surface area contributed by atoms with E-state index in [1.165, 1.54) is 19.3 Å². The maximum atomic E-state index is 2.50. The zero-order valence-corrected chi connectivity index (χ0v) is 6.59. The molecule has 0 heteroatoms. The molecule has 56 valence electrons. The van der Waals surface area contributed by atoms with E-state index in [-0.39, 0.29) is 0 Å². The van der Waals surface area contributed by atoms with Crippen molar-refractivity contribution in [3.05, 3.63) is 24.3 Å². The van der Waals surface area contributed by atoms with Crippen molar-refractivity contribution < 1.29 is 0 Å². The van der Waals surface area contributed by atoms with Crippen LogP contribution in [0.3, 0.4) is 0 Å². The van der Waals surface area contributed by atoms with E-state index in [0.29, 0.717) is 5.41 Å². The molecule has 0 aliphatic heterocycles. The lowest BCUT2D eigenvalue weighted by Crippen LogP contribution is -2.18. The van der Waals surface area contributed by atoms with Gasteiger partial charge in [-0.15, -0.1) is 0 Å². The molecule has 2 saturated carbocycles. The minimum Gasteiger partial charge on any atom is -0.0833 e. The molecule has 0 nitrogen and oxygen atoms in total. The molecule has 1 spiro atoms. The summed E-state index contributed by atoms with van der Waals surface area (Å²) >= 11 is 0. The Bertz CT molecular complexity index is 275. The molecule has 11 heavy (non-hydrogen) atoms. The summed E-state index contributed by atoms with van der Waals surface area (Å²) in [5.74, 6) is 1.94. The van der Waals surface area contributed by atoms with Crippen LogP contribution in [0.1, 0.15) is 19.3 Å². The smallest absolute Gasteiger partial charge is 0.0129 e. The third-order valence-electron chi connectivity index (χ3n) is 4.72. The van der Waals surface area contributed by atoms with E-state index in [4.69, 9.17) is 0 Å². The Kier molecular flexibility index (Phi) is 0.536. The van der Waals surface area contributed by atoms with E-state index in [1.807, 2.05) is 0 Å². The van der Waals surface area contributed by atoms with Crippen molar-refractivity contribution >= 4 is 0 Å². The molecule has 4 aliphatic rings. The van der Waals surface area contributed by atoms with Gasteiger partial charge in [0.05, 0.1) is 0 Å². The molecule has 4 rings (SSSR count). The standard InChI is InChI=1S/C11H12/c1-4-10-6-2-8-9(3-7-10)11(8,10)5-1/h2-3,6-9H,1,4-5H2. The lowest BCUT2D eigenvalue weighted by molar-refractivity contribution is 0.333. The largest absolute Gasteiger partial charge is 0.0833 e. The van der Waals surface area contributed by atoms with Crippen molar-refractivity contribution in [2.45, 2.75) is 19.3 Å². The maximum Gasteiger partial charge on any atom is 0.0129 e. The molecule has 0 N–H and O–H groups in total. The fourth-order valence-electron chi connectivity index (χ4n) is 4.26. The van der Waals surface area contributed by atoms with E-state index in [0.717, 1.165) is 17.3 Å². The van der Waals surface area contributed by atoms with Crippen LogP contribution >= 0.6 is 0 Å². The van der Waals surface area contributed by atoms with Crippen molar-refractivity contribution in [3.8, 4) is 0 Å². The van der Waals surface area contributed by atoms with Crippen molar-refractivity contribution in [3.63, 3.8) is 0 Å². The summed E-state index contributed by atoms with van der Waals surface area (Å²) in [4.78, 5) is 0. The molecule has 2 atom stereocenters. The second-order valence-electron chi connectivity index (χ2n) is 4.70. The fraction of sp³-hybridized carbons (Fsp3) is 0.636. The first-order valence-corrected chi connectivity index (χ1v) is 4.78. The average molecular weight is 144 g/mol. The van der Waals surface area contributed by atoms with Gasteiger partial charge in [0, 0.05) is 5.41 Å². The van der Waals surface area contributed by atoms with Crippen molar-refractivity contribution in [2.75, 3.05) is 0 Å². The number of allylic oxidation sites excluding steroid dienone is 4. The lowest BCUT2D eigenvalue weighted by Gasteiger charge is -2.24. The first-order chi connectivity index (χ1) is 5.39. The quantitative estimate of drug-likeness (QED) is 0.458. The van der Waals surface area contributed by atoms with Crippen LogP contribution in [-0.2, 0) is 0 Å². The minimum atomic E-state index is 0.572. The van der Waals surface area contributed by atoms with E-state index < -0.39 is 0 Å². The molecule has 0 aromatic rings. The minimum absolute atomic E-state index is 0.572. The van der Waals surface area contributed by atoms with Gasteiger partial charge in [0.15, 0.2) is 0 Å². The van der Waals surface area contributed by atoms with Gasteiger partial charge >= 0.3 is 0 Å². The molecule has 0 bridgehead atoms. The zero-order chi connectivity index (χ0) is 7.10. The number of rotatable bonds is 0. The highest BCUT2D eigenvalue weighted by atomic mass is 14.8. The second kappa shape index (κ2) is 1.14. The van der Waals surface area contributed by atoms with Gasteiger partial charge in [0.25, 0.3) is 0 Å². The molecule has 4 aliphatic carbocycles. The highest BCUT2D eigenvalue weighted by Gasteiger charge is 2.77. The van der Waals surface area contributed by atoms with Crippen LogP contribution in [0.5, 0.6) is 0 Å². The lowest BCUT2D eigenvalue weighted by atomic mass is 9.79. The van der Waals surface area contributed by atoms with E-state index in [9.17, 15) is 0 Å². The summed E-state index contributed by atoms with van der Waals surface area (Å²) in [6.07, 6.45) is 14.4. The van der Waals surface area contributed by atoms with Crippen LogP contribution in [0.4, 0.5) is 0 Å². The Hall–Kier alpha value is -0.520. The summed E-state index contributed by atoms with van der Waals surface area (Å²) in [6, 6.07) is 0. The molecular formula is C11H12. The Labute approximate surface area is 67.0 Å². The summed E-state index contributed by atoms with van der Waals surface area (Å²) in [5.41, 5.74) is 1.33. The topological polar surface area (TPSA) is 0 Å². The van der Waals surface area contributed by atoms with Crippen LogP contribution in [-0.4, -0.2) is 0 Å². The average Bonchev–Trinajstić information content (AvgIpc) is 2.30. The van der Waals surface area contributed by atoms with Crippen molar-refractivity contribution in [2.24, 2.45) is 22.7 Å². The molecule has 2 unspecified atom stereocenters. The highest BCUT2D eigenvalue weighted by molar-refractivity contribution is 5.48. The van der Waals surface area contributed by atoms with E-state index >= 15 is 0 Å². The zero-order valence-electron chi connectivity index (χ0n) is 6.59. The van der Waals surface area contributed by atoms with Gasteiger partial charge in [-0.1, -0.05) is 30.7 Å². The molecule has 0 radical (unpaired) electrons. The van der Waals surface area contributed by atoms with Gasteiger partial charge in [-0.2, -0.15) is 0 Å². The number of fused-ring (bicyclic) bond motifs is 1. The Balaban J connectivity index is 2.07. The summed E-state index contributed by atoms with van der Waals surface area (Å²) in [6.45, 7) is 0. The Morgan fingerprint density at radius 2 is 1.73 bits per heavy atom. The third-order valence-corrected chi connectivity index (χ3v) is 4.72. The van der Waals surface area contributed by atoms with Gasteiger partial charge < -0.3 is 0 Å². The maximum absolute atomic E-state index is 2.50. The first-order valence-electron chi connectivity index (χ1n) is 4.78. The van der Waals surface area contributed by atoms with E-state index in [2.05, 4.69) is 24.3 Å². The molecular weight excluding hydrogens is 132 g/mol.